The van der Waals surface area contributed by atoms with Gasteiger partial charge in [-0.05, 0) is 12.1 Å². The highest BCUT2D eigenvalue weighted by molar-refractivity contribution is 6.30. The number of rotatable bonds is 2. The summed E-state index contributed by atoms with van der Waals surface area (Å²) in [5.41, 5.74) is 0.439. The quantitative estimate of drug-likeness (QED) is 0.902. The zero-order valence-corrected chi connectivity index (χ0v) is 11.6. The molecule has 7 heteroatoms. The van der Waals surface area contributed by atoms with Crippen LogP contribution in [-0.2, 0) is 0 Å². The van der Waals surface area contributed by atoms with E-state index in [4.69, 9.17) is 11.6 Å². The lowest BCUT2D eigenvalue weighted by atomic mass is 10.1. The first-order valence-electron chi connectivity index (χ1n) is 4.78. The van der Waals surface area contributed by atoms with Crippen LogP contribution in [0.25, 0.3) is 0 Å². The van der Waals surface area contributed by atoms with Crippen LogP contribution in [0.5, 0.6) is 0 Å². The number of likely N-dealkylation sites (N-methyl/N-ethyl adjacent to an activating group) is 1. The van der Waals surface area contributed by atoms with Gasteiger partial charge in [-0.25, -0.2) is 4.98 Å². The topological polar surface area (TPSA) is 45.2 Å². The Balaban J connectivity index is 0.00000128. The number of pyridine rings is 1. The number of carbonyl (C=O) groups excluding carboxylic acids is 1. The molecule has 2 rings (SSSR count). The van der Waals surface area contributed by atoms with Crippen molar-refractivity contribution in [2.45, 2.75) is 6.04 Å². The van der Waals surface area contributed by atoms with Crippen LogP contribution in [-0.4, -0.2) is 42.0 Å². The molecule has 4 nitrogen and oxygen atoms in total. The van der Waals surface area contributed by atoms with Crippen LogP contribution in [0, 0.1) is 0 Å². The third-order valence-electron chi connectivity index (χ3n) is 2.57. The maximum atomic E-state index is 11.9. The van der Waals surface area contributed by atoms with Crippen molar-refractivity contribution >= 4 is 42.3 Å². The number of aromatic nitrogens is 1. The Hall–Kier alpha value is -0.550. The van der Waals surface area contributed by atoms with Gasteiger partial charge >= 0.3 is 0 Å². The zero-order valence-electron chi connectivity index (χ0n) is 9.22. The third-order valence-corrected chi connectivity index (χ3v) is 2.80. The molecule has 1 aliphatic rings. The van der Waals surface area contributed by atoms with Crippen LogP contribution in [0.15, 0.2) is 18.3 Å². The Morgan fingerprint density at radius 3 is 2.53 bits per heavy atom. The van der Waals surface area contributed by atoms with Gasteiger partial charge in [-0.2, -0.15) is 0 Å². The van der Waals surface area contributed by atoms with Gasteiger partial charge < -0.3 is 10.2 Å². The van der Waals surface area contributed by atoms with Crippen molar-refractivity contribution in [3.05, 3.63) is 29.0 Å². The zero-order chi connectivity index (χ0) is 10.8. The number of nitrogens with zero attached hydrogens (tertiary/aromatic N) is 2. The highest BCUT2D eigenvalue weighted by Gasteiger charge is 2.26. The Labute approximate surface area is 118 Å². The molecule has 1 amide bonds. The van der Waals surface area contributed by atoms with Crippen molar-refractivity contribution < 1.29 is 4.79 Å². The summed E-state index contributed by atoms with van der Waals surface area (Å²) in [4.78, 5) is 17.6. The first-order valence-corrected chi connectivity index (χ1v) is 5.15. The van der Waals surface area contributed by atoms with Gasteiger partial charge in [0.1, 0.15) is 5.69 Å². The van der Waals surface area contributed by atoms with Gasteiger partial charge in [-0.3, -0.25) is 4.79 Å². The molecule has 1 N–H and O–H groups in total. The molecule has 1 aromatic heterocycles. The number of hydrogen-bond acceptors (Lipinski definition) is 3. The molecule has 0 unspecified atom stereocenters. The smallest absolute Gasteiger partial charge is 0.272 e. The van der Waals surface area contributed by atoms with E-state index in [0.29, 0.717) is 10.7 Å². The molecule has 1 fully saturated rings. The van der Waals surface area contributed by atoms with Crippen molar-refractivity contribution in [3.63, 3.8) is 0 Å². The van der Waals surface area contributed by atoms with Gasteiger partial charge in [0, 0.05) is 26.3 Å². The standard InChI is InChI=1S/C10H12ClN3O.2ClH/c1-14(8-5-12-6-8)10(15)9-3-2-7(11)4-13-9;;/h2-4,8,12H,5-6H2,1H3;2*1H. The Morgan fingerprint density at radius 1 is 1.47 bits per heavy atom. The van der Waals surface area contributed by atoms with Crippen molar-refractivity contribution in [1.29, 1.82) is 0 Å². The summed E-state index contributed by atoms with van der Waals surface area (Å²) in [7, 11) is 1.80. The molecule has 0 atom stereocenters. The highest BCUT2D eigenvalue weighted by Crippen LogP contribution is 2.10. The van der Waals surface area contributed by atoms with E-state index < -0.39 is 0 Å². The molecular formula is C10H14Cl3N3O. The van der Waals surface area contributed by atoms with Gasteiger partial charge in [0.2, 0.25) is 0 Å². The SMILES string of the molecule is CN(C(=O)c1ccc(Cl)cn1)C1CNC1.Cl.Cl. The first-order chi connectivity index (χ1) is 7.18. The number of carbonyl (C=O) groups is 1. The highest BCUT2D eigenvalue weighted by atomic mass is 35.5. The van der Waals surface area contributed by atoms with Crippen LogP contribution >= 0.6 is 36.4 Å². The van der Waals surface area contributed by atoms with E-state index >= 15 is 0 Å². The average molecular weight is 299 g/mol. The summed E-state index contributed by atoms with van der Waals surface area (Å²) in [6, 6.07) is 3.61. The maximum absolute atomic E-state index is 11.9. The van der Waals surface area contributed by atoms with Crippen LogP contribution in [0.2, 0.25) is 5.02 Å². The van der Waals surface area contributed by atoms with Crippen LogP contribution in [0.1, 0.15) is 10.5 Å². The molecule has 1 saturated heterocycles. The van der Waals surface area contributed by atoms with E-state index in [-0.39, 0.29) is 36.8 Å². The van der Waals surface area contributed by atoms with E-state index in [2.05, 4.69) is 10.3 Å². The molecule has 0 bridgehead atoms. The molecule has 1 aromatic rings. The molecule has 0 saturated carbocycles. The fraction of sp³-hybridized carbons (Fsp3) is 0.400. The molecule has 2 heterocycles. The summed E-state index contributed by atoms with van der Waals surface area (Å²) in [5, 5.41) is 3.66. The van der Waals surface area contributed by atoms with Gasteiger partial charge in [0.15, 0.2) is 0 Å². The number of hydrogen-bond donors (Lipinski definition) is 1. The van der Waals surface area contributed by atoms with E-state index in [9.17, 15) is 4.79 Å². The average Bonchev–Trinajstić information content (AvgIpc) is 2.15. The second-order valence-electron chi connectivity index (χ2n) is 3.59. The molecule has 0 aliphatic carbocycles. The lowest BCUT2D eigenvalue weighted by Gasteiger charge is -2.35. The summed E-state index contributed by atoms with van der Waals surface area (Å²) in [5.74, 6) is -0.0573. The van der Waals surface area contributed by atoms with Gasteiger partial charge in [-0.1, -0.05) is 11.6 Å². The fourth-order valence-corrected chi connectivity index (χ4v) is 1.51. The molecule has 0 aromatic carbocycles. The second kappa shape index (κ2) is 7.01. The van der Waals surface area contributed by atoms with Gasteiger partial charge in [-0.15, -0.1) is 24.8 Å². The largest absolute Gasteiger partial charge is 0.335 e. The Morgan fingerprint density at radius 2 is 2.12 bits per heavy atom. The van der Waals surface area contributed by atoms with E-state index in [1.807, 2.05) is 0 Å². The Bertz CT molecular complexity index is 368. The minimum atomic E-state index is -0.0573. The summed E-state index contributed by atoms with van der Waals surface area (Å²) >= 11 is 5.70. The molecule has 0 radical (unpaired) electrons. The molecule has 1 aliphatic heterocycles. The molecule has 0 spiro atoms. The lowest BCUT2D eigenvalue weighted by molar-refractivity contribution is 0.0675. The number of amides is 1. The fourth-order valence-electron chi connectivity index (χ4n) is 1.40. The summed E-state index contributed by atoms with van der Waals surface area (Å²) < 4.78 is 0. The minimum Gasteiger partial charge on any atom is -0.335 e. The van der Waals surface area contributed by atoms with E-state index in [1.54, 1.807) is 24.1 Å². The van der Waals surface area contributed by atoms with Crippen LogP contribution < -0.4 is 5.32 Å². The third kappa shape index (κ3) is 3.71. The maximum Gasteiger partial charge on any atom is 0.272 e. The second-order valence-corrected chi connectivity index (χ2v) is 4.03. The van der Waals surface area contributed by atoms with Crippen LogP contribution in [0.3, 0.4) is 0 Å². The first kappa shape index (κ1) is 16.4. The summed E-state index contributed by atoms with van der Waals surface area (Å²) in [6.07, 6.45) is 1.49. The van der Waals surface area contributed by atoms with Gasteiger partial charge in [0.25, 0.3) is 5.91 Å². The number of nitrogens with one attached hydrogen (secondary N) is 1. The monoisotopic (exact) mass is 297 g/mol. The Kier molecular flexibility index (Phi) is 6.78. The normalized spacial score (nSPS) is 14.0. The summed E-state index contributed by atoms with van der Waals surface area (Å²) in [6.45, 7) is 1.71. The van der Waals surface area contributed by atoms with Crippen molar-refractivity contribution in [3.8, 4) is 0 Å². The molecular weight excluding hydrogens is 284 g/mol. The van der Waals surface area contributed by atoms with E-state index in [0.717, 1.165) is 13.1 Å². The van der Waals surface area contributed by atoms with Crippen molar-refractivity contribution in [1.82, 2.24) is 15.2 Å². The molecule has 17 heavy (non-hydrogen) atoms. The van der Waals surface area contributed by atoms with E-state index in [1.165, 1.54) is 6.20 Å². The minimum absolute atomic E-state index is 0. The predicted octanol–water partition coefficient (Wildman–Crippen LogP) is 1.62. The van der Waals surface area contributed by atoms with Gasteiger partial charge in [0.05, 0.1) is 11.1 Å². The van der Waals surface area contributed by atoms with Crippen molar-refractivity contribution in [2.75, 3.05) is 20.1 Å². The van der Waals surface area contributed by atoms with Crippen LogP contribution in [0.4, 0.5) is 0 Å². The molecule has 96 valence electrons. The number of halogens is 3. The lowest BCUT2D eigenvalue weighted by Crippen LogP contribution is -2.57. The van der Waals surface area contributed by atoms with Crippen molar-refractivity contribution in [2.24, 2.45) is 0 Å². The predicted molar refractivity (Wildman–Crippen MR) is 72.5 cm³/mol.